The number of nitrogens with one attached hydrogen (secondary N) is 1. The SMILES string of the molecule is CC(C)c1ccc(CNCc2cnn(C)c2)cc1. The Bertz CT molecular complexity index is 483. The minimum Gasteiger partial charge on any atom is -0.309 e. The van der Waals surface area contributed by atoms with E-state index >= 15 is 0 Å². The molecule has 0 aliphatic rings. The second-order valence-corrected chi connectivity index (χ2v) is 5.02. The molecule has 0 bridgehead atoms. The van der Waals surface area contributed by atoms with Crippen molar-refractivity contribution in [3.8, 4) is 0 Å². The van der Waals surface area contributed by atoms with E-state index < -0.39 is 0 Å². The van der Waals surface area contributed by atoms with Crippen LogP contribution in [0.25, 0.3) is 0 Å². The van der Waals surface area contributed by atoms with Gasteiger partial charge in [0.25, 0.3) is 0 Å². The zero-order valence-corrected chi connectivity index (χ0v) is 11.4. The lowest BCUT2D eigenvalue weighted by molar-refractivity contribution is 0.691. The molecule has 0 spiro atoms. The van der Waals surface area contributed by atoms with Crippen LogP contribution in [0.4, 0.5) is 0 Å². The molecule has 0 unspecified atom stereocenters. The van der Waals surface area contributed by atoms with Crippen molar-refractivity contribution in [1.82, 2.24) is 15.1 Å². The Kier molecular flexibility index (Phi) is 4.15. The largest absolute Gasteiger partial charge is 0.309 e. The van der Waals surface area contributed by atoms with Crippen molar-refractivity contribution < 1.29 is 0 Å². The van der Waals surface area contributed by atoms with Crippen LogP contribution in [0.3, 0.4) is 0 Å². The summed E-state index contributed by atoms with van der Waals surface area (Å²) >= 11 is 0. The highest BCUT2D eigenvalue weighted by Gasteiger charge is 1.99. The smallest absolute Gasteiger partial charge is 0.0534 e. The fraction of sp³-hybridized carbons (Fsp3) is 0.400. The molecule has 2 rings (SSSR count). The minimum atomic E-state index is 0.599. The van der Waals surface area contributed by atoms with E-state index in [0.29, 0.717) is 5.92 Å². The lowest BCUT2D eigenvalue weighted by atomic mass is 10.0. The van der Waals surface area contributed by atoms with Crippen LogP contribution in [0.2, 0.25) is 0 Å². The molecule has 18 heavy (non-hydrogen) atoms. The van der Waals surface area contributed by atoms with Gasteiger partial charge in [-0.2, -0.15) is 5.10 Å². The Morgan fingerprint density at radius 1 is 1.11 bits per heavy atom. The first-order chi connectivity index (χ1) is 8.65. The fourth-order valence-electron chi connectivity index (χ4n) is 1.93. The second kappa shape index (κ2) is 5.83. The molecule has 0 saturated heterocycles. The third-order valence-electron chi connectivity index (χ3n) is 3.06. The second-order valence-electron chi connectivity index (χ2n) is 5.02. The summed E-state index contributed by atoms with van der Waals surface area (Å²) in [5, 5.41) is 7.58. The predicted molar refractivity (Wildman–Crippen MR) is 74.3 cm³/mol. The molecule has 0 amide bonds. The Hall–Kier alpha value is -1.61. The van der Waals surface area contributed by atoms with Gasteiger partial charge in [0.05, 0.1) is 6.20 Å². The first kappa shape index (κ1) is 12.8. The molecule has 1 heterocycles. The number of rotatable bonds is 5. The Morgan fingerprint density at radius 2 is 1.78 bits per heavy atom. The molecule has 3 heteroatoms. The van der Waals surface area contributed by atoms with Crippen LogP contribution in [0.1, 0.15) is 36.5 Å². The maximum absolute atomic E-state index is 4.15. The van der Waals surface area contributed by atoms with Crippen LogP contribution >= 0.6 is 0 Å². The summed E-state index contributed by atoms with van der Waals surface area (Å²) in [6.07, 6.45) is 3.93. The summed E-state index contributed by atoms with van der Waals surface area (Å²) in [6.45, 7) is 6.19. The van der Waals surface area contributed by atoms with Crippen molar-refractivity contribution in [1.29, 1.82) is 0 Å². The van der Waals surface area contributed by atoms with Gasteiger partial charge >= 0.3 is 0 Å². The molecule has 0 atom stereocenters. The van der Waals surface area contributed by atoms with E-state index in [0.717, 1.165) is 13.1 Å². The van der Waals surface area contributed by atoms with E-state index in [1.807, 2.05) is 24.1 Å². The van der Waals surface area contributed by atoms with Gasteiger partial charge < -0.3 is 5.32 Å². The van der Waals surface area contributed by atoms with Gasteiger partial charge in [0.1, 0.15) is 0 Å². The molecule has 1 aromatic carbocycles. The topological polar surface area (TPSA) is 29.9 Å². The summed E-state index contributed by atoms with van der Waals surface area (Å²) in [4.78, 5) is 0. The van der Waals surface area contributed by atoms with Crippen LogP contribution in [0, 0.1) is 0 Å². The standard InChI is InChI=1S/C15H21N3/c1-12(2)15-6-4-13(5-7-15)8-16-9-14-10-17-18(3)11-14/h4-7,10-12,16H,8-9H2,1-3H3. The highest BCUT2D eigenvalue weighted by molar-refractivity contribution is 5.24. The van der Waals surface area contributed by atoms with Crippen molar-refractivity contribution in [2.45, 2.75) is 32.9 Å². The zero-order chi connectivity index (χ0) is 13.0. The van der Waals surface area contributed by atoms with E-state index in [9.17, 15) is 0 Å². The molecule has 96 valence electrons. The first-order valence-corrected chi connectivity index (χ1v) is 6.42. The number of aromatic nitrogens is 2. The van der Waals surface area contributed by atoms with E-state index in [2.05, 4.69) is 48.5 Å². The quantitative estimate of drug-likeness (QED) is 0.875. The van der Waals surface area contributed by atoms with E-state index in [4.69, 9.17) is 0 Å². The number of hydrogen-bond donors (Lipinski definition) is 1. The van der Waals surface area contributed by atoms with Gasteiger partial charge in [-0.15, -0.1) is 0 Å². The fourth-order valence-corrected chi connectivity index (χ4v) is 1.93. The molecule has 1 N–H and O–H groups in total. The lowest BCUT2D eigenvalue weighted by Crippen LogP contribution is -2.12. The van der Waals surface area contributed by atoms with Gasteiger partial charge in [0, 0.05) is 31.9 Å². The summed E-state index contributed by atoms with van der Waals surface area (Å²) in [6, 6.07) is 8.83. The molecule has 0 saturated carbocycles. The normalized spacial score (nSPS) is 11.1. The number of benzene rings is 1. The van der Waals surface area contributed by atoms with Gasteiger partial charge in [-0.25, -0.2) is 0 Å². The Balaban J connectivity index is 1.83. The van der Waals surface area contributed by atoms with Crippen LogP contribution in [-0.4, -0.2) is 9.78 Å². The van der Waals surface area contributed by atoms with Gasteiger partial charge in [-0.1, -0.05) is 38.1 Å². The molecule has 2 aromatic rings. The first-order valence-electron chi connectivity index (χ1n) is 6.42. The van der Waals surface area contributed by atoms with E-state index in [1.165, 1.54) is 16.7 Å². The van der Waals surface area contributed by atoms with Gasteiger partial charge in [0.2, 0.25) is 0 Å². The molecule has 0 aliphatic carbocycles. The Morgan fingerprint density at radius 3 is 2.33 bits per heavy atom. The summed E-state index contributed by atoms with van der Waals surface area (Å²) in [5.41, 5.74) is 3.94. The van der Waals surface area contributed by atoms with Crippen LogP contribution < -0.4 is 5.32 Å². The highest BCUT2D eigenvalue weighted by atomic mass is 15.2. The van der Waals surface area contributed by atoms with E-state index in [1.54, 1.807) is 0 Å². The van der Waals surface area contributed by atoms with Crippen LogP contribution in [0.15, 0.2) is 36.7 Å². The zero-order valence-electron chi connectivity index (χ0n) is 11.4. The monoisotopic (exact) mass is 243 g/mol. The van der Waals surface area contributed by atoms with Crippen LogP contribution in [-0.2, 0) is 20.1 Å². The third-order valence-corrected chi connectivity index (χ3v) is 3.06. The molecule has 1 aromatic heterocycles. The summed E-state index contributed by atoms with van der Waals surface area (Å²) < 4.78 is 1.83. The van der Waals surface area contributed by atoms with Crippen molar-refractivity contribution in [3.05, 3.63) is 53.3 Å². The summed E-state index contributed by atoms with van der Waals surface area (Å²) in [7, 11) is 1.94. The van der Waals surface area contributed by atoms with Gasteiger partial charge in [-0.05, 0) is 17.0 Å². The number of aryl methyl sites for hydroxylation is 1. The van der Waals surface area contributed by atoms with Crippen molar-refractivity contribution in [3.63, 3.8) is 0 Å². The summed E-state index contributed by atoms with van der Waals surface area (Å²) in [5.74, 6) is 0.599. The van der Waals surface area contributed by atoms with Crippen molar-refractivity contribution in [2.24, 2.45) is 7.05 Å². The molecule has 3 nitrogen and oxygen atoms in total. The molecule has 0 aliphatic heterocycles. The van der Waals surface area contributed by atoms with Gasteiger partial charge in [-0.3, -0.25) is 4.68 Å². The average Bonchev–Trinajstić information content (AvgIpc) is 2.76. The molecular formula is C15H21N3. The molecule has 0 radical (unpaired) electrons. The predicted octanol–water partition coefficient (Wildman–Crippen LogP) is 2.83. The maximum Gasteiger partial charge on any atom is 0.0534 e. The minimum absolute atomic E-state index is 0.599. The third kappa shape index (κ3) is 3.44. The van der Waals surface area contributed by atoms with Crippen LogP contribution in [0.5, 0.6) is 0 Å². The van der Waals surface area contributed by atoms with E-state index in [-0.39, 0.29) is 0 Å². The molecular weight excluding hydrogens is 222 g/mol. The van der Waals surface area contributed by atoms with Crippen molar-refractivity contribution in [2.75, 3.05) is 0 Å². The average molecular weight is 243 g/mol. The molecule has 0 fully saturated rings. The number of nitrogens with zero attached hydrogens (tertiary/aromatic N) is 2. The lowest BCUT2D eigenvalue weighted by Gasteiger charge is -2.07. The van der Waals surface area contributed by atoms with Crippen molar-refractivity contribution >= 4 is 0 Å². The highest BCUT2D eigenvalue weighted by Crippen LogP contribution is 2.14. The Labute approximate surface area is 109 Å². The maximum atomic E-state index is 4.15. The van der Waals surface area contributed by atoms with Gasteiger partial charge in [0.15, 0.2) is 0 Å². The number of hydrogen-bond acceptors (Lipinski definition) is 2.